The number of nitrogens with zero attached hydrogens (tertiary/aromatic N) is 1. The quantitative estimate of drug-likeness (QED) is 0.779. The summed E-state index contributed by atoms with van der Waals surface area (Å²) in [6, 6.07) is 9.31. The Balaban J connectivity index is 1.96. The summed E-state index contributed by atoms with van der Waals surface area (Å²) in [5.41, 5.74) is 2.31. The molecule has 1 aromatic carbocycles. The van der Waals surface area contributed by atoms with E-state index < -0.39 is 0 Å². The van der Waals surface area contributed by atoms with Crippen LogP contribution in [-0.4, -0.2) is 31.7 Å². The fraction of sp³-hybridized carbons (Fsp3) is 0.333. The van der Waals surface area contributed by atoms with E-state index in [0.29, 0.717) is 30.3 Å². The van der Waals surface area contributed by atoms with Gasteiger partial charge in [0, 0.05) is 13.1 Å². The SMILES string of the molecule is CCCNC(=O)c1ccc(NCc2ccc(OC)c(OC)c2)cn1. The number of methoxy groups -OCH3 is 2. The lowest BCUT2D eigenvalue weighted by Gasteiger charge is -2.11. The molecule has 1 amide bonds. The van der Waals surface area contributed by atoms with Crippen molar-refractivity contribution < 1.29 is 14.3 Å². The first-order valence-corrected chi connectivity index (χ1v) is 7.87. The lowest BCUT2D eigenvalue weighted by atomic mass is 10.2. The molecule has 128 valence electrons. The van der Waals surface area contributed by atoms with E-state index in [9.17, 15) is 4.79 Å². The van der Waals surface area contributed by atoms with Gasteiger partial charge in [-0.15, -0.1) is 0 Å². The van der Waals surface area contributed by atoms with Gasteiger partial charge in [0.2, 0.25) is 0 Å². The molecule has 0 radical (unpaired) electrons. The molecule has 1 aromatic heterocycles. The van der Waals surface area contributed by atoms with Crippen LogP contribution < -0.4 is 20.1 Å². The molecule has 2 aromatic rings. The van der Waals surface area contributed by atoms with Gasteiger partial charge >= 0.3 is 0 Å². The predicted octanol–water partition coefficient (Wildman–Crippen LogP) is 2.85. The molecule has 0 atom stereocenters. The van der Waals surface area contributed by atoms with E-state index in [4.69, 9.17) is 9.47 Å². The topological polar surface area (TPSA) is 72.5 Å². The highest BCUT2D eigenvalue weighted by Gasteiger charge is 2.07. The summed E-state index contributed by atoms with van der Waals surface area (Å²) in [6.45, 7) is 3.28. The molecule has 1 heterocycles. The fourth-order valence-corrected chi connectivity index (χ4v) is 2.16. The number of nitrogens with one attached hydrogen (secondary N) is 2. The molecule has 6 heteroatoms. The standard InChI is InChI=1S/C18H23N3O3/c1-4-9-19-18(22)15-7-6-14(12-21-15)20-11-13-5-8-16(23-2)17(10-13)24-3/h5-8,10,12,20H,4,9,11H2,1-3H3,(H,19,22). The second kappa shape index (κ2) is 8.76. The van der Waals surface area contributed by atoms with Crippen LogP contribution in [0, 0.1) is 0 Å². The normalized spacial score (nSPS) is 10.1. The van der Waals surface area contributed by atoms with Crippen LogP contribution in [0.15, 0.2) is 36.5 Å². The van der Waals surface area contributed by atoms with E-state index in [1.807, 2.05) is 31.2 Å². The van der Waals surface area contributed by atoms with E-state index >= 15 is 0 Å². The number of amides is 1. The van der Waals surface area contributed by atoms with Crippen molar-refractivity contribution in [3.63, 3.8) is 0 Å². The number of anilines is 1. The molecule has 0 aliphatic heterocycles. The number of rotatable bonds is 8. The Morgan fingerprint density at radius 1 is 1.12 bits per heavy atom. The molecule has 0 bridgehead atoms. The lowest BCUT2D eigenvalue weighted by molar-refractivity contribution is 0.0948. The van der Waals surface area contributed by atoms with Crippen molar-refractivity contribution in [1.82, 2.24) is 10.3 Å². The van der Waals surface area contributed by atoms with Crippen molar-refractivity contribution in [3.05, 3.63) is 47.8 Å². The van der Waals surface area contributed by atoms with Gasteiger partial charge < -0.3 is 20.1 Å². The number of hydrogen-bond acceptors (Lipinski definition) is 5. The minimum Gasteiger partial charge on any atom is -0.493 e. The van der Waals surface area contributed by atoms with Gasteiger partial charge in [-0.3, -0.25) is 4.79 Å². The van der Waals surface area contributed by atoms with E-state index in [0.717, 1.165) is 17.7 Å². The Labute approximate surface area is 142 Å². The summed E-state index contributed by atoms with van der Waals surface area (Å²) < 4.78 is 10.5. The maximum atomic E-state index is 11.8. The van der Waals surface area contributed by atoms with Crippen LogP contribution in [0.25, 0.3) is 0 Å². The third-order valence-electron chi connectivity index (χ3n) is 3.48. The number of carbonyl (C=O) groups excluding carboxylic acids is 1. The van der Waals surface area contributed by atoms with E-state index in [1.54, 1.807) is 26.5 Å². The molecule has 0 saturated carbocycles. The molecule has 0 unspecified atom stereocenters. The molecule has 0 spiro atoms. The molecule has 0 aliphatic rings. The Morgan fingerprint density at radius 3 is 2.54 bits per heavy atom. The second-order valence-electron chi connectivity index (χ2n) is 5.23. The van der Waals surface area contributed by atoms with Crippen LogP contribution in [0.3, 0.4) is 0 Å². The average molecular weight is 329 g/mol. The zero-order valence-electron chi connectivity index (χ0n) is 14.3. The summed E-state index contributed by atoms with van der Waals surface area (Å²) in [6.07, 6.45) is 2.55. The summed E-state index contributed by atoms with van der Waals surface area (Å²) in [4.78, 5) is 16.0. The van der Waals surface area contributed by atoms with Crippen molar-refractivity contribution in [1.29, 1.82) is 0 Å². The third-order valence-corrected chi connectivity index (χ3v) is 3.48. The van der Waals surface area contributed by atoms with Gasteiger partial charge in [0.15, 0.2) is 11.5 Å². The minimum atomic E-state index is -0.150. The van der Waals surface area contributed by atoms with Crippen LogP contribution in [0.4, 0.5) is 5.69 Å². The molecular formula is C18H23N3O3. The van der Waals surface area contributed by atoms with Gasteiger partial charge in [-0.25, -0.2) is 4.98 Å². The molecule has 2 rings (SSSR count). The van der Waals surface area contributed by atoms with Crippen LogP contribution in [0.1, 0.15) is 29.4 Å². The van der Waals surface area contributed by atoms with Crippen molar-refractivity contribution >= 4 is 11.6 Å². The summed E-state index contributed by atoms with van der Waals surface area (Å²) in [7, 11) is 3.22. The Kier molecular flexibility index (Phi) is 6.42. The fourth-order valence-electron chi connectivity index (χ4n) is 2.16. The summed E-state index contributed by atoms with van der Waals surface area (Å²) in [5.74, 6) is 1.24. The van der Waals surface area contributed by atoms with Crippen molar-refractivity contribution in [3.8, 4) is 11.5 Å². The highest BCUT2D eigenvalue weighted by atomic mass is 16.5. The maximum Gasteiger partial charge on any atom is 0.269 e. The first-order valence-electron chi connectivity index (χ1n) is 7.87. The molecule has 0 fully saturated rings. The van der Waals surface area contributed by atoms with Crippen LogP contribution >= 0.6 is 0 Å². The van der Waals surface area contributed by atoms with Crippen LogP contribution in [0.2, 0.25) is 0 Å². The van der Waals surface area contributed by atoms with Gasteiger partial charge in [0.25, 0.3) is 5.91 Å². The number of benzene rings is 1. The minimum absolute atomic E-state index is 0.150. The van der Waals surface area contributed by atoms with Crippen molar-refractivity contribution in [2.24, 2.45) is 0 Å². The number of carbonyl (C=O) groups is 1. The van der Waals surface area contributed by atoms with E-state index in [2.05, 4.69) is 15.6 Å². The highest BCUT2D eigenvalue weighted by Crippen LogP contribution is 2.27. The van der Waals surface area contributed by atoms with Gasteiger partial charge in [0.1, 0.15) is 5.69 Å². The second-order valence-corrected chi connectivity index (χ2v) is 5.23. The van der Waals surface area contributed by atoms with Crippen LogP contribution in [0.5, 0.6) is 11.5 Å². The molecule has 24 heavy (non-hydrogen) atoms. The Hall–Kier alpha value is -2.76. The molecule has 0 saturated heterocycles. The van der Waals surface area contributed by atoms with Gasteiger partial charge in [-0.05, 0) is 36.2 Å². The third kappa shape index (κ3) is 4.62. The average Bonchev–Trinajstić information content (AvgIpc) is 2.64. The summed E-state index contributed by atoms with van der Waals surface area (Å²) in [5, 5.41) is 6.07. The highest BCUT2D eigenvalue weighted by molar-refractivity contribution is 5.92. The predicted molar refractivity (Wildman–Crippen MR) is 93.7 cm³/mol. The molecule has 2 N–H and O–H groups in total. The summed E-state index contributed by atoms with van der Waals surface area (Å²) >= 11 is 0. The smallest absolute Gasteiger partial charge is 0.269 e. The zero-order valence-corrected chi connectivity index (χ0v) is 14.3. The van der Waals surface area contributed by atoms with Gasteiger partial charge in [0.05, 0.1) is 26.1 Å². The van der Waals surface area contributed by atoms with E-state index in [1.165, 1.54) is 0 Å². The molecule has 0 aliphatic carbocycles. The molecular weight excluding hydrogens is 306 g/mol. The monoisotopic (exact) mass is 329 g/mol. The van der Waals surface area contributed by atoms with Crippen molar-refractivity contribution in [2.45, 2.75) is 19.9 Å². The Bertz CT molecular complexity index is 672. The van der Waals surface area contributed by atoms with E-state index in [-0.39, 0.29) is 5.91 Å². The first-order chi connectivity index (χ1) is 11.7. The molecule has 6 nitrogen and oxygen atoms in total. The number of aromatic nitrogens is 1. The number of ether oxygens (including phenoxy) is 2. The lowest BCUT2D eigenvalue weighted by Crippen LogP contribution is -2.24. The number of pyridine rings is 1. The Morgan fingerprint density at radius 2 is 1.92 bits per heavy atom. The largest absolute Gasteiger partial charge is 0.493 e. The first kappa shape index (κ1) is 17.6. The van der Waals surface area contributed by atoms with Crippen molar-refractivity contribution in [2.75, 3.05) is 26.1 Å². The van der Waals surface area contributed by atoms with Crippen LogP contribution in [-0.2, 0) is 6.54 Å². The number of hydrogen-bond donors (Lipinski definition) is 2. The maximum absolute atomic E-state index is 11.8. The van der Waals surface area contributed by atoms with Gasteiger partial charge in [-0.1, -0.05) is 13.0 Å². The zero-order chi connectivity index (χ0) is 17.4. The van der Waals surface area contributed by atoms with Gasteiger partial charge in [-0.2, -0.15) is 0 Å².